The lowest BCUT2D eigenvalue weighted by Gasteiger charge is -2.20. The molecule has 2 atom stereocenters. The van der Waals surface area contributed by atoms with E-state index in [-0.39, 0.29) is 24.5 Å². The van der Waals surface area contributed by atoms with E-state index in [9.17, 15) is 14.0 Å². The number of nitrogens with zero attached hydrogens (tertiary/aromatic N) is 2. The lowest BCUT2D eigenvalue weighted by atomic mass is 10.2. The van der Waals surface area contributed by atoms with Gasteiger partial charge in [-0.25, -0.2) is 9.18 Å². The zero-order valence-corrected chi connectivity index (χ0v) is 12.8. The summed E-state index contributed by atoms with van der Waals surface area (Å²) in [5, 5.41) is 3.48. The highest BCUT2D eigenvalue weighted by molar-refractivity contribution is 5.94. The van der Waals surface area contributed by atoms with Crippen LogP contribution in [0.2, 0.25) is 0 Å². The highest BCUT2D eigenvalue weighted by Crippen LogP contribution is 2.26. The Hall–Kier alpha value is -2.90. The summed E-state index contributed by atoms with van der Waals surface area (Å²) in [6.45, 7) is 0.105. The normalized spacial score (nSPS) is 20.0. The summed E-state index contributed by atoms with van der Waals surface area (Å²) in [4.78, 5) is 25.7. The van der Waals surface area contributed by atoms with E-state index in [1.165, 1.54) is 36.4 Å². The van der Waals surface area contributed by atoms with Gasteiger partial charge in [0.1, 0.15) is 12.1 Å². The van der Waals surface area contributed by atoms with Crippen LogP contribution in [0.25, 0.3) is 0 Å². The van der Waals surface area contributed by atoms with Crippen LogP contribution in [0, 0.1) is 5.82 Å². The number of hydrogen-bond acceptors (Lipinski definition) is 6. The van der Waals surface area contributed by atoms with Gasteiger partial charge in [-0.05, 0) is 12.1 Å². The third-order valence-electron chi connectivity index (χ3n) is 3.78. The molecule has 2 heterocycles. The van der Waals surface area contributed by atoms with Crippen LogP contribution in [0.15, 0.2) is 41.1 Å². The first-order chi connectivity index (χ1) is 11.6. The molecule has 0 unspecified atom stereocenters. The van der Waals surface area contributed by atoms with Gasteiger partial charge >= 0.3 is 5.97 Å². The predicted octanol–water partition coefficient (Wildman–Crippen LogP) is 1.65. The molecule has 2 aromatic rings. The third-order valence-corrected chi connectivity index (χ3v) is 3.78. The van der Waals surface area contributed by atoms with Gasteiger partial charge in [0.2, 0.25) is 5.76 Å². The maximum Gasteiger partial charge on any atom is 0.328 e. The standard InChI is InChI=1S/C16H15FN2O5/c1-22-16(21)12-8-10(23-13-5-3-2-4-11(13)17)9-19(12)15(20)14-6-7-18-24-14/h2-7,10,12H,8-9H2,1H3/t10-,12-/m0/s1. The number of ether oxygens (including phenoxy) is 2. The lowest BCUT2D eigenvalue weighted by molar-refractivity contribution is -0.145. The molecule has 1 aromatic heterocycles. The largest absolute Gasteiger partial charge is 0.485 e. The Balaban J connectivity index is 1.79. The summed E-state index contributed by atoms with van der Waals surface area (Å²) in [6.07, 6.45) is 0.989. The molecule has 0 saturated carbocycles. The molecular weight excluding hydrogens is 319 g/mol. The minimum Gasteiger partial charge on any atom is -0.485 e. The van der Waals surface area contributed by atoms with E-state index in [1.807, 2.05) is 0 Å². The van der Waals surface area contributed by atoms with Gasteiger partial charge < -0.3 is 18.9 Å². The van der Waals surface area contributed by atoms with E-state index in [1.54, 1.807) is 12.1 Å². The zero-order chi connectivity index (χ0) is 17.1. The molecule has 0 bridgehead atoms. The Kier molecular flexibility index (Phi) is 4.45. The van der Waals surface area contributed by atoms with Crippen LogP contribution in [0.5, 0.6) is 5.75 Å². The average Bonchev–Trinajstić information content (AvgIpc) is 3.25. The van der Waals surface area contributed by atoms with Crippen LogP contribution >= 0.6 is 0 Å². The van der Waals surface area contributed by atoms with Crippen LogP contribution in [0.3, 0.4) is 0 Å². The first kappa shape index (κ1) is 16.0. The second kappa shape index (κ2) is 6.69. The van der Waals surface area contributed by atoms with Crippen molar-refractivity contribution in [2.75, 3.05) is 13.7 Å². The van der Waals surface area contributed by atoms with Gasteiger partial charge in [0.25, 0.3) is 5.91 Å². The van der Waals surface area contributed by atoms with Crippen molar-refractivity contribution >= 4 is 11.9 Å². The topological polar surface area (TPSA) is 81.9 Å². The lowest BCUT2D eigenvalue weighted by Crippen LogP contribution is -2.41. The highest BCUT2D eigenvalue weighted by Gasteiger charge is 2.42. The van der Waals surface area contributed by atoms with Crippen molar-refractivity contribution in [2.24, 2.45) is 0 Å². The molecule has 0 spiro atoms. The van der Waals surface area contributed by atoms with Crippen molar-refractivity contribution in [2.45, 2.75) is 18.6 Å². The van der Waals surface area contributed by atoms with Crippen molar-refractivity contribution < 1.29 is 28.0 Å². The summed E-state index contributed by atoms with van der Waals surface area (Å²) in [5.41, 5.74) is 0. The van der Waals surface area contributed by atoms with Gasteiger partial charge in [0.15, 0.2) is 11.6 Å². The van der Waals surface area contributed by atoms with Gasteiger partial charge in [0.05, 0.1) is 19.9 Å². The van der Waals surface area contributed by atoms with Gasteiger partial charge in [-0.2, -0.15) is 0 Å². The summed E-state index contributed by atoms with van der Waals surface area (Å²) in [6, 6.07) is 6.53. The number of para-hydroxylation sites is 1. The van der Waals surface area contributed by atoms with Crippen LogP contribution in [0.1, 0.15) is 17.0 Å². The number of rotatable bonds is 4. The SMILES string of the molecule is COC(=O)[C@@H]1C[C@H](Oc2ccccc2F)CN1C(=O)c1ccno1. The second-order valence-corrected chi connectivity index (χ2v) is 5.28. The third kappa shape index (κ3) is 3.08. The van der Waals surface area contributed by atoms with Crippen molar-refractivity contribution in [1.82, 2.24) is 10.1 Å². The average molecular weight is 334 g/mol. The predicted molar refractivity (Wildman–Crippen MR) is 78.8 cm³/mol. The van der Waals surface area contributed by atoms with Crippen LogP contribution in [0.4, 0.5) is 4.39 Å². The van der Waals surface area contributed by atoms with Crippen molar-refractivity contribution in [1.29, 1.82) is 0 Å². The molecule has 0 aliphatic carbocycles. The second-order valence-electron chi connectivity index (χ2n) is 5.28. The number of benzene rings is 1. The number of methoxy groups -OCH3 is 1. The molecule has 24 heavy (non-hydrogen) atoms. The smallest absolute Gasteiger partial charge is 0.328 e. The Bertz CT molecular complexity index is 734. The molecule has 7 nitrogen and oxygen atoms in total. The quantitative estimate of drug-likeness (QED) is 0.791. The maximum absolute atomic E-state index is 13.7. The fraction of sp³-hybridized carbons (Fsp3) is 0.312. The van der Waals surface area contributed by atoms with Gasteiger partial charge in [0, 0.05) is 12.5 Å². The Morgan fingerprint density at radius 1 is 1.33 bits per heavy atom. The monoisotopic (exact) mass is 334 g/mol. The Labute approximate surface area is 136 Å². The molecule has 1 aliphatic rings. The van der Waals surface area contributed by atoms with E-state index in [0.29, 0.717) is 0 Å². The number of halogens is 1. The van der Waals surface area contributed by atoms with Crippen LogP contribution in [-0.2, 0) is 9.53 Å². The number of esters is 1. The maximum atomic E-state index is 13.7. The molecule has 126 valence electrons. The first-order valence-electron chi connectivity index (χ1n) is 7.31. The van der Waals surface area contributed by atoms with E-state index in [4.69, 9.17) is 14.0 Å². The summed E-state index contributed by atoms with van der Waals surface area (Å²) in [5.74, 6) is -1.49. The van der Waals surface area contributed by atoms with Crippen LogP contribution in [-0.4, -0.2) is 47.7 Å². The van der Waals surface area contributed by atoms with Gasteiger partial charge in [-0.3, -0.25) is 4.79 Å². The van der Waals surface area contributed by atoms with Crippen molar-refractivity contribution in [3.63, 3.8) is 0 Å². The van der Waals surface area contributed by atoms with Crippen LogP contribution < -0.4 is 4.74 Å². The van der Waals surface area contributed by atoms with Gasteiger partial charge in [-0.15, -0.1) is 0 Å². The number of aromatic nitrogens is 1. The molecule has 3 rings (SSSR count). The number of likely N-dealkylation sites (tertiary alicyclic amines) is 1. The molecule has 1 aromatic carbocycles. The molecule has 1 fully saturated rings. The van der Waals surface area contributed by atoms with E-state index in [2.05, 4.69) is 5.16 Å². The number of carbonyl (C=O) groups is 2. The van der Waals surface area contributed by atoms with E-state index >= 15 is 0 Å². The van der Waals surface area contributed by atoms with Crippen molar-refractivity contribution in [3.05, 3.63) is 48.1 Å². The summed E-state index contributed by atoms with van der Waals surface area (Å²) in [7, 11) is 1.24. The first-order valence-corrected chi connectivity index (χ1v) is 7.31. The number of hydrogen-bond donors (Lipinski definition) is 0. The molecule has 0 N–H and O–H groups in total. The molecule has 1 amide bonds. The van der Waals surface area contributed by atoms with E-state index in [0.717, 1.165) is 0 Å². The molecule has 0 radical (unpaired) electrons. The van der Waals surface area contributed by atoms with Crippen molar-refractivity contribution in [3.8, 4) is 5.75 Å². The Morgan fingerprint density at radius 3 is 2.79 bits per heavy atom. The fourth-order valence-electron chi connectivity index (χ4n) is 2.65. The van der Waals surface area contributed by atoms with E-state index < -0.39 is 29.8 Å². The number of amides is 1. The minimum absolute atomic E-state index is 0.00967. The highest BCUT2D eigenvalue weighted by atomic mass is 19.1. The molecular formula is C16H15FN2O5. The summed E-state index contributed by atoms with van der Waals surface area (Å²) < 4.78 is 28.9. The number of carbonyl (C=O) groups excluding carboxylic acids is 2. The Morgan fingerprint density at radius 2 is 2.12 bits per heavy atom. The fourth-order valence-corrected chi connectivity index (χ4v) is 2.65. The molecule has 8 heteroatoms. The minimum atomic E-state index is -0.829. The zero-order valence-electron chi connectivity index (χ0n) is 12.8. The summed E-state index contributed by atoms with van der Waals surface area (Å²) >= 11 is 0. The molecule has 1 saturated heterocycles. The molecule has 1 aliphatic heterocycles. The van der Waals surface area contributed by atoms with Gasteiger partial charge in [-0.1, -0.05) is 17.3 Å².